The van der Waals surface area contributed by atoms with Gasteiger partial charge >= 0.3 is 6.18 Å². The topological polar surface area (TPSA) is 84.9 Å². The van der Waals surface area contributed by atoms with Gasteiger partial charge < -0.3 is 14.4 Å². The first-order valence-electron chi connectivity index (χ1n) is 10.4. The third-order valence-electron chi connectivity index (χ3n) is 5.70. The van der Waals surface area contributed by atoms with Crippen LogP contribution in [-0.2, 0) is 16.2 Å². The van der Waals surface area contributed by atoms with Gasteiger partial charge in [0.05, 0.1) is 16.2 Å². The molecule has 0 amide bonds. The molecule has 3 aromatic rings. The summed E-state index contributed by atoms with van der Waals surface area (Å²) >= 11 is 0. The van der Waals surface area contributed by atoms with Gasteiger partial charge in [0.2, 0.25) is 16.8 Å². The molecule has 2 aromatic carbocycles. The zero-order chi connectivity index (χ0) is 23.9. The standard InChI is InChI=1S/C22H19F3N4O4S/c23-22(24,25)16-2-4-17(5-3-16)34(30,31)29-11-9-28(10-12-29)21-8-6-18(26-27-21)15-1-7-19-20(13-15)33-14-32-19/h1-8,13H,9-12,14H2. The van der Waals surface area contributed by atoms with E-state index in [0.29, 0.717) is 36.1 Å². The molecule has 34 heavy (non-hydrogen) atoms. The monoisotopic (exact) mass is 492 g/mol. The number of alkyl halides is 3. The summed E-state index contributed by atoms with van der Waals surface area (Å²) in [5.74, 6) is 1.93. The van der Waals surface area contributed by atoms with Crippen LogP contribution in [0.5, 0.6) is 11.5 Å². The van der Waals surface area contributed by atoms with Crippen molar-refractivity contribution in [3.8, 4) is 22.8 Å². The minimum atomic E-state index is -4.52. The molecule has 1 aromatic heterocycles. The van der Waals surface area contributed by atoms with Crippen molar-refractivity contribution in [3.05, 3.63) is 60.2 Å². The first-order chi connectivity index (χ1) is 16.2. The summed E-state index contributed by atoms with van der Waals surface area (Å²) in [5.41, 5.74) is 0.598. The Kier molecular flexibility index (Phi) is 5.56. The molecule has 0 radical (unpaired) electrons. The second kappa shape index (κ2) is 8.44. The Morgan fingerprint density at radius 3 is 2.18 bits per heavy atom. The zero-order valence-corrected chi connectivity index (χ0v) is 18.5. The van der Waals surface area contributed by atoms with E-state index in [1.54, 1.807) is 0 Å². The number of hydrogen-bond acceptors (Lipinski definition) is 7. The Morgan fingerprint density at radius 2 is 1.53 bits per heavy atom. The highest BCUT2D eigenvalue weighted by molar-refractivity contribution is 7.89. The Hall–Kier alpha value is -3.38. The summed E-state index contributed by atoms with van der Waals surface area (Å²) in [6.07, 6.45) is -4.52. The van der Waals surface area contributed by atoms with Crippen LogP contribution in [0.25, 0.3) is 11.3 Å². The molecular formula is C22H19F3N4O4S. The molecule has 0 unspecified atom stereocenters. The Morgan fingerprint density at radius 1 is 0.824 bits per heavy atom. The second-order valence-corrected chi connectivity index (χ2v) is 9.70. The molecule has 0 spiro atoms. The highest BCUT2D eigenvalue weighted by Crippen LogP contribution is 2.35. The van der Waals surface area contributed by atoms with Gasteiger partial charge in [0.25, 0.3) is 0 Å². The van der Waals surface area contributed by atoms with E-state index in [9.17, 15) is 21.6 Å². The summed E-state index contributed by atoms with van der Waals surface area (Å²) in [4.78, 5) is 1.75. The number of hydrogen-bond donors (Lipinski definition) is 0. The van der Waals surface area contributed by atoms with Crippen LogP contribution in [0.4, 0.5) is 19.0 Å². The third-order valence-corrected chi connectivity index (χ3v) is 7.61. The van der Waals surface area contributed by atoms with E-state index in [-0.39, 0.29) is 24.8 Å². The van der Waals surface area contributed by atoms with E-state index >= 15 is 0 Å². The fourth-order valence-electron chi connectivity index (χ4n) is 3.83. The molecule has 0 bridgehead atoms. The van der Waals surface area contributed by atoms with Gasteiger partial charge in [0.1, 0.15) is 0 Å². The summed E-state index contributed by atoms with van der Waals surface area (Å²) in [6.45, 7) is 1.28. The zero-order valence-electron chi connectivity index (χ0n) is 17.7. The van der Waals surface area contributed by atoms with Crippen molar-refractivity contribution in [2.45, 2.75) is 11.1 Å². The minimum absolute atomic E-state index is 0.165. The summed E-state index contributed by atoms with van der Waals surface area (Å²) in [5, 5.41) is 8.56. The lowest BCUT2D eigenvalue weighted by molar-refractivity contribution is -0.137. The smallest absolute Gasteiger partial charge is 0.416 e. The number of aromatic nitrogens is 2. The van der Waals surface area contributed by atoms with E-state index in [1.807, 2.05) is 35.2 Å². The number of anilines is 1. The summed E-state index contributed by atoms with van der Waals surface area (Å²) in [7, 11) is -3.90. The number of benzene rings is 2. The maximum atomic E-state index is 12.9. The lowest BCUT2D eigenvalue weighted by Gasteiger charge is -2.34. The quantitative estimate of drug-likeness (QED) is 0.552. The molecule has 12 heteroatoms. The summed E-state index contributed by atoms with van der Waals surface area (Å²) in [6, 6.07) is 12.7. The largest absolute Gasteiger partial charge is 0.454 e. The van der Waals surface area contributed by atoms with Crippen LogP contribution in [0.2, 0.25) is 0 Å². The van der Waals surface area contributed by atoms with Gasteiger partial charge in [-0.3, -0.25) is 0 Å². The normalized spacial score (nSPS) is 16.6. The maximum absolute atomic E-state index is 12.9. The van der Waals surface area contributed by atoms with Crippen LogP contribution in [0.15, 0.2) is 59.5 Å². The minimum Gasteiger partial charge on any atom is -0.454 e. The Labute approximate surface area is 193 Å². The van der Waals surface area contributed by atoms with Crippen molar-refractivity contribution in [3.63, 3.8) is 0 Å². The van der Waals surface area contributed by atoms with Gasteiger partial charge in [0.15, 0.2) is 17.3 Å². The summed E-state index contributed by atoms with van der Waals surface area (Å²) < 4.78 is 76.0. The van der Waals surface area contributed by atoms with Crippen LogP contribution < -0.4 is 14.4 Å². The second-order valence-electron chi connectivity index (χ2n) is 7.76. The Balaban J connectivity index is 1.24. The van der Waals surface area contributed by atoms with Crippen molar-refractivity contribution in [2.75, 3.05) is 37.9 Å². The van der Waals surface area contributed by atoms with Crippen molar-refractivity contribution in [2.24, 2.45) is 0 Å². The van der Waals surface area contributed by atoms with Crippen LogP contribution in [0.3, 0.4) is 0 Å². The number of rotatable bonds is 4. The van der Waals surface area contributed by atoms with Crippen LogP contribution >= 0.6 is 0 Å². The average Bonchev–Trinajstić information content (AvgIpc) is 3.32. The SMILES string of the molecule is O=S(=O)(c1ccc(C(F)(F)F)cc1)N1CCN(c2ccc(-c3ccc4c(c3)OCO4)nn2)CC1. The molecule has 8 nitrogen and oxygen atoms in total. The van der Waals surface area contributed by atoms with Gasteiger partial charge in [0, 0.05) is 31.7 Å². The maximum Gasteiger partial charge on any atom is 0.416 e. The van der Waals surface area contributed by atoms with E-state index in [4.69, 9.17) is 9.47 Å². The fourth-order valence-corrected chi connectivity index (χ4v) is 5.25. The van der Waals surface area contributed by atoms with E-state index in [2.05, 4.69) is 10.2 Å². The molecule has 1 fully saturated rings. The van der Waals surface area contributed by atoms with E-state index in [0.717, 1.165) is 29.8 Å². The van der Waals surface area contributed by atoms with Crippen LogP contribution in [-0.4, -0.2) is 55.9 Å². The van der Waals surface area contributed by atoms with Gasteiger partial charge in [-0.25, -0.2) is 8.42 Å². The molecule has 1 saturated heterocycles. The first kappa shape index (κ1) is 22.4. The molecule has 0 atom stereocenters. The van der Waals surface area contributed by atoms with Crippen molar-refractivity contribution >= 4 is 15.8 Å². The number of sulfonamides is 1. The molecule has 2 aliphatic heterocycles. The molecule has 2 aliphatic rings. The predicted octanol–water partition coefficient (Wildman–Crippen LogP) is 3.40. The highest BCUT2D eigenvalue weighted by atomic mass is 32.2. The van der Waals surface area contributed by atoms with E-state index < -0.39 is 21.8 Å². The molecular weight excluding hydrogens is 473 g/mol. The van der Waals surface area contributed by atoms with Gasteiger partial charge in [-0.15, -0.1) is 10.2 Å². The first-order valence-corrected chi connectivity index (χ1v) is 11.8. The van der Waals surface area contributed by atoms with Gasteiger partial charge in [-0.1, -0.05) is 0 Å². The number of halogens is 3. The number of ether oxygens (including phenoxy) is 2. The van der Waals surface area contributed by atoms with Crippen molar-refractivity contribution in [1.29, 1.82) is 0 Å². The van der Waals surface area contributed by atoms with Crippen LogP contribution in [0, 0.1) is 0 Å². The van der Waals surface area contributed by atoms with Crippen molar-refractivity contribution < 1.29 is 31.1 Å². The third kappa shape index (κ3) is 4.26. The van der Waals surface area contributed by atoms with Gasteiger partial charge in [-0.05, 0) is 54.6 Å². The lowest BCUT2D eigenvalue weighted by Crippen LogP contribution is -2.49. The number of nitrogens with zero attached hydrogens (tertiary/aromatic N) is 4. The van der Waals surface area contributed by atoms with Gasteiger partial charge in [-0.2, -0.15) is 17.5 Å². The highest BCUT2D eigenvalue weighted by Gasteiger charge is 2.32. The Bertz CT molecular complexity index is 1290. The molecule has 0 saturated carbocycles. The van der Waals surface area contributed by atoms with Crippen molar-refractivity contribution in [1.82, 2.24) is 14.5 Å². The lowest BCUT2D eigenvalue weighted by atomic mass is 10.1. The van der Waals surface area contributed by atoms with Crippen LogP contribution in [0.1, 0.15) is 5.56 Å². The van der Waals surface area contributed by atoms with E-state index in [1.165, 1.54) is 4.31 Å². The molecule has 0 aliphatic carbocycles. The average molecular weight is 492 g/mol. The fraction of sp³-hybridized carbons (Fsp3) is 0.273. The number of piperazine rings is 1. The number of fused-ring (bicyclic) bond motifs is 1. The molecule has 178 valence electrons. The molecule has 5 rings (SSSR count). The molecule has 3 heterocycles. The molecule has 0 N–H and O–H groups in total. The predicted molar refractivity (Wildman–Crippen MR) is 116 cm³/mol.